The van der Waals surface area contributed by atoms with E-state index in [-0.39, 0.29) is 5.69 Å². The first-order chi connectivity index (χ1) is 9.36. The highest BCUT2D eigenvalue weighted by molar-refractivity contribution is 6.30. The van der Waals surface area contributed by atoms with E-state index in [1.165, 1.54) is 12.1 Å². The number of amides is 1. The number of carbonyl (C=O) groups excluding carboxylic acids is 1. The zero-order chi connectivity index (χ0) is 14.8. The minimum absolute atomic E-state index is 0.0880. The Hall–Kier alpha value is -2.01. The fraction of sp³-hybridized carbons (Fsp3) is 0.0714. The molecule has 0 saturated carbocycles. The molecule has 0 atom stereocenters. The van der Waals surface area contributed by atoms with Crippen LogP contribution in [0.25, 0.3) is 11.1 Å². The van der Waals surface area contributed by atoms with E-state index >= 15 is 0 Å². The molecule has 0 fully saturated rings. The van der Waals surface area contributed by atoms with Crippen molar-refractivity contribution in [3.05, 3.63) is 53.6 Å². The zero-order valence-corrected chi connectivity index (χ0v) is 10.8. The van der Waals surface area contributed by atoms with Crippen LogP contribution in [0.2, 0.25) is 5.02 Å². The molecule has 2 rings (SSSR count). The summed E-state index contributed by atoms with van der Waals surface area (Å²) in [5, 5.41) is 2.38. The van der Waals surface area contributed by atoms with E-state index in [0.717, 1.165) is 11.1 Å². The molecule has 0 aliphatic rings. The van der Waals surface area contributed by atoms with Crippen molar-refractivity contribution in [2.45, 2.75) is 6.18 Å². The predicted octanol–water partition coefficient (Wildman–Crippen LogP) is 4.51. The van der Waals surface area contributed by atoms with E-state index in [0.29, 0.717) is 5.02 Å². The van der Waals surface area contributed by atoms with Crippen LogP contribution in [0.1, 0.15) is 0 Å². The van der Waals surface area contributed by atoms with Crippen LogP contribution in [-0.2, 0) is 4.79 Å². The number of rotatable bonds is 2. The average Bonchev–Trinajstić information content (AvgIpc) is 2.39. The van der Waals surface area contributed by atoms with Crippen molar-refractivity contribution in [2.75, 3.05) is 5.32 Å². The monoisotopic (exact) mass is 299 g/mol. The number of hydrogen-bond donors (Lipinski definition) is 1. The summed E-state index contributed by atoms with van der Waals surface area (Å²) in [4.78, 5) is 10.8. The quantitative estimate of drug-likeness (QED) is 0.868. The second kappa shape index (κ2) is 5.54. The van der Waals surface area contributed by atoms with Crippen molar-refractivity contribution in [1.82, 2.24) is 0 Å². The Balaban J connectivity index is 2.14. The molecule has 2 aromatic rings. The summed E-state index contributed by atoms with van der Waals surface area (Å²) in [7, 11) is 0. The summed E-state index contributed by atoms with van der Waals surface area (Å²) >= 11 is 5.77. The highest BCUT2D eigenvalue weighted by Gasteiger charge is 2.38. The molecule has 2 aromatic carbocycles. The van der Waals surface area contributed by atoms with Crippen LogP contribution in [0.4, 0.5) is 18.9 Å². The zero-order valence-electron chi connectivity index (χ0n) is 10.0. The third kappa shape index (κ3) is 3.51. The van der Waals surface area contributed by atoms with Crippen LogP contribution in [0.5, 0.6) is 0 Å². The standard InChI is InChI=1S/C14H9ClF3NO/c15-11-5-1-9(2-6-11)10-3-7-12(8-4-10)19-13(20)14(16,17)18/h1-8H,(H,19,20). The van der Waals surface area contributed by atoms with Gasteiger partial charge in [-0.2, -0.15) is 13.2 Å². The van der Waals surface area contributed by atoms with Crippen molar-refractivity contribution < 1.29 is 18.0 Å². The molecule has 2 nitrogen and oxygen atoms in total. The highest BCUT2D eigenvalue weighted by Crippen LogP contribution is 2.24. The van der Waals surface area contributed by atoms with Gasteiger partial charge in [0.1, 0.15) is 0 Å². The first-order valence-corrected chi connectivity index (χ1v) is 5.98. The SMILES string of the molecule is O=C(Nc1ccc(-c2ccc(Cl)cc2)cc1)C(F)(F)F. The van der Waals surface area contributed by atoms with Crippen LogP contribution in [0.3, 0.4) is 0 Å². The van der Waals surface area contributed by atoms with Gasteiger partial charge < -0.3 is 5.32 Å². The maximum atomic E-state index is 12.1. The van der Waals surface area contributed by atoms with Gasteiger partial charge in [0.05, 0.1) is 0 Å². The second-order valence-electron chi connectivity index (χ2n) is 4.04. The molecule has 6 heteroatoms. The Morgan fingerprint density at radius 1 is 0.900 bits per heavy atom. The molecular formula is C14H9ClF3NO. The molecule has 0 aliphatic heterocycles. The molecule has 0 heterocycles. The molecule has 0 radical (unpaired) electrons. The molecule has 0 aromatic heterocycles. The minimum atomic E-state index is -4.89. The molecule has 0 aliphatic carbocycles. The molecule has 0 saturated heterocycles. The summed E-state index contributed by atoms with van der Waals surface area (Å²) in [5.41, 5.74) is 1.78. The van der Waals surface area contributed by atoms with Crippen molar-refractivity contribution in [3.63, 3.8) is 0 Å². The predicted molar refractivity (Wildman–Crippen MR) is 71.6 cm³/mol. The van der Waals surface area contributed by atoms with Gasteiger partial charge in [0, 0.05) is 10.7 Å². The molecule has 20 heavy (non-hydrogen) atoms. The van der Waals surface area contributed by atoms with Gasteiger partial charge in [-0.25, -0.2) is 0 Å². The Morgan fingerprint density at radius 3 is 1.80 bits per heavy atom. The Morgan fingerprint density at radius 2 is 1.35 bits per heavy atom. The molecule has 0 bridgehead atoms. The number of carbonyl (C=O) groups is 1. The summed E-state index contributed by atoms with van der Waals surface area (Å²) in [6.45, 7) is 0. The van der Waals surface area contributed by atoms with Crippen LogP contribution in [-0.4, -0.2) is 12.1 Å². The van der Waals surface area contributed by atoms with Crippen molar-refractivity contribution in [1.29, 1.82) is 0 Å². The molecule has 0 spiro atoms. The largest absolute Gasteiger partial charge is 0.471 e. The summed E-state index contributed by atoms with van der Waals surface area (Å²) < 4.78 is 36.3. The molecular weight excluding hydrogens is 291 g/mol. The van der Waals surface area contributed by atoms with Crippen molar-refractivity contribution >= 4 is 23.2 Å². The number of hydrogen-bond acceptors (Lipinski definition) is 1. The van der Waals surface area contributed by atoms with Gasteiger partial charge in [-0.3, -0.25) is 4.79 Å². The van der Waals surface area contributed by atoms with Gasteiger partial charge in [0.2, 0.25) is 0 Å². The van der Waals surface area contributed by atoms with Crippen LogP contribution in [0.15, 0.2) is 48.5 Å². The van der Waals surface area contributed by atoms with Gasteiger partial charge in [0.25, 0.3) is 0 Å². The molecule has 104 valence electrons. The lowest BCUT2D eigenvalue weighted by Crippen LogP contribution is -2.29. The second-order valence-corrected chi connectivity index (χ2v) is 4.47. The van der Waals surface area contributed by atoms with Crippen molar-refractivity contribution in [2.24, 2.45) is 0 Å². The lowest BCUT2D eigenvalue weighted by molar-refractivity contribution is -0.167. The average molecular weight is 300 g/mol. The highest BCUT2D eigenvalue weighted by atomic mass is 35.5. The Kier molecular flexibility index (Phi) is 3.99. The maximum Gasteiger partial charge on any atom is 0.471 e. The maximum absolute atomic E-state index is 12.1. The fourth-order valence-electron chi connectivity index (χ4n) is 1.59. The van der Waals surface area contributed by atoms with Gasteiger partial charge in [-0.1, -0.05) is 35.9 Å². The molecule has 0 unspecified atom stereocenters. The summed E-state index contributed by atoms with van der Waals surface area (Å²) in [6, 6.07) is 13.1. The first kappa shape index (κ1) is 14.4. The third-order valence-electron chi connectivity index (χ3n) is 2.58. The Labute approximate surface area is 118 Å². The normalized spacial score (nSPS) is 11.2. The lowest BCUT2D eigenvalue weighted by Gasteiger charge is -2.08. The third-order valence-corrected chi connectivity index (χ3v) is 2.83. The van der Waals surface area contributed by atoms with E-state index in [2.05, 4.69) is 0 Å². The number of nitrogens with one attached hydrogen (secondary N) is 1. The summed E-state index contributed by atoms with van der Waals surface area (Å²) in [6.07, 6.45) is -4.89. The number of alkyl halides is 3. The molecule has 1 N–H and O–H groups in total. The van der Waals surface area contributed by atoms with Gasteiger partial charge >= 0.3 is 12.1 Å². The molecule has 1 amide bonds. The first-order valence-electron chi connectivity index (χ1n) is 5.60. The van der Waals surface area contributed by atoms with E-state index in [1.807, 2.05) is 0 Å². The smallest absolute Gasteiger partial charge is 0.318 e. The van der Waals surface area contributed by atoms with Crippen LogP contribution >= 0.6 is 11.6 Å². The number of halogens is 4. The lowest BCUT2D eigenvalue weighted by atomic mass is 10.1. The van der Waals surface area contributed by atoms with E-state index in [1.54, 1.807) is 41.7 Å². The van der Waals surface area contributed by atoms with Crippen molar-refractivity contribution in [3.8, 4) is 11.1 Å². The van der Waals surface area contributed by atoms with Gasteiger partial charge in [0.15, 0.2) is 0 Å². The van der Waals surface area contributed by atoms with Crippen LogP contribution < -0.4 is 5.32 Å². The van der Waals surface area contributed by atoms with Gasteiger partial charge in [-0.15, -0.1) is 0 Å². The van der Waals surface area contributed by atoms with E-state index in [9.17, 15) is 18.0 Å². The van der Waals surface area contributed by atoms with E-state index < -0.39 is 12.1 Å². The van der Waals surface area contributed by atoms with Gasteiger partial charge in [-0.05, 0) is 35.4 Å². The topological polar surface area (TPSA) is 29.1 Å². The number of benzene rings is 2. The Bertz CT molecular complexity index is 606. The van der Waals surface area contributed by atoms with E-state index in [4.69, 9.17) is 11.6 Å². The fourth-order valence-corrected chi connectivity index (χ4v) is 1.72. The summed E-state index contributed by atoms with van der Waals surface area (Å²) in [5.74, 6) is -1.99. The minimum Gasteiger partial charge on any atom is -0.318 e. The number of anilines is 1. The van der Waals surface area contributed by atoms with Crippen LogP contribution in [0, 0.1) is 0 Å².